The first-order valence-electron chi connectivity index (χ1n) is 11.1. The van der Waals surface area contributed by atoms with Gasteiger partial charge in [-0.3, -0.25) is 4.79 Å². The zero-order chi connectivity index (χ0) is 22.5. The van der Waals surface area contributed by atoms with Crippen molar-refractivity contribution >= 4 is 17.1 Å². The quantitative estimate of drug-likeness (QED) is 0.473. The van der Waals surface area contributed by atoms with Gasteiger partial charge in [0.25, 0.3) is 0 Å². The molecule has 1 aliphatic heterocycles. The van der Waals surface area contributed by atoms with E-state index in [2.05, 4.69) is 15.0 Å². The van der Waals surface area contributed by atoms with Crippen molar-refractivity contribution in [1.82, 2.24) is 19.6 Å². The molecule has 164 valence electrons. The van der Waals surface area contributed by atoms with Crippen LogP contribution >= 0.6 is 0 Å². The lowest BCUT2D eigenvalue weighted by Crippen LogP contribution is -2.26. The fourth-order valence-electron chi connectivity index (χ4n) is 4.73. The minimum absolute atomic E-state index is 0.136. The summed E-state index contributed by atoms with van der Waals surface area (Å²) < 4.78 is 7.87. The SMILES string of the molecule is CN(C)c1ccc(-c2nc3c4c(ncn3n2)OC2=C(C(=O)CCC2)[C@H]4c2ccccc2)cc1. The molecule has 33 heavy (non-hydrogen) atoms. The smallest absolute Gasteiger partial charge is 0.228 e. The average Bonchev–Trinajstić information content (AvgIpc) is 3.28. The molecule has 4 aromatic rings. The van der Waals surface area contributed by atoms with Gasteiger partial charge in [0.15, 0.2) is 17.3 Å². The summed E-state index contributed by atoms with van der Waals surface area (Å²) >= 11 is 0. The van der Waals surface area contributed by atoms with Crippen LogP contribution in [0.4, 0.5) is 5.69 Å². The fraction of sp³-hybridized carbons (Fsp3) is 0.231. The molecule has 2 aromatic carbocycles. The Hall–Kier alpha value is -4.00. The Kier molecular flexibility index (Phi) is 4.50. The topological polar surface area (TPSA) is 72.6 Å². The van der Waals surface area contributed by atoms with Gasteiger partial charge in [0.2, 0.25) is 5.88 Å². The molecule has 0 unspecified atom stereocenters. The Morgan fingerprint density at radius 3 is 2.58 bits per heavy atom. The summed E-state index contributed by atoms with van der Waals surface area (Å²) in [6.45, 7) is 0. The molecule has 0 radical (unpaired) electrons. The first kappa shape index (κ1) is 19.7. The van der Waals surface area contributed by atoms with Crippen molar-refractivity contribution in [2.45, 2.75) is 25.2 Å². The Morgan fingerprint density at radius 2 is 1.82 bits per heavy atom. The number of aromatic nitrogens is 4. The summed E-state index contributed by atoms with van der Waals surface area (Å²) in [6.07, 6.45) is 3.71. The predicted octanol–water partition coefficient (Wildman–Crippen LogP) is 4.39. The van der Waals surface area contributed by atoms with Crippen LogP contribution in [0.2, 0.25) is 0 Å². The van der Waals surface area contributed by atoms with E-state index in [9.17, 15) is 4.79 Å². The number of rotatable bonds is 3. The monoisotopic (exact) mass is 437 g/mol. The van der Waals surface area contributed by atoms with Crippen LogP contribution in [-0.2, 0) is 4.79 Å². The number of benzene rings is 2. The van der Waals surface area contributed by atoms with Crippen molar-refractivity contribution in [1.29, 1.82) is 0 Å². The van der Waals surface area contributed by atoms with Crippen molar-refractivity contribution in [2.75, 3.05) is 19.0 Å². The molecule has 0 saturated heterocycles. The highest BCUT2D eigenvalue weighted by Gasteiger charge is 2.39. The third-order valence-electron chi connectivity index (χ3n) is 6.37. The number of carbonyl (C=O) groups excluding carboxylic acids is 1. The van der Waals surface area contributed by atoms with Crippen molar-refractivity contribution in [3.63, 3.8) is 0 Å². The average molecular weight is 438 g/mol. The first-order valence-corrected chi connectivity index (χ1v) is 11.1. The first-order chi connectivity index (χ1) is 16.1. The van der Waals surface area contributed by atoms with Crippen LogP contribution in [0.25, 0.3) is 17.0 Å². The van der Waals surface area contributed by atoms with E-state index in [0.29, 0.717) is 23.8 Å². The fourth-order valence-corrected chi connectivity index (χ4v) is 4.73. The van der Waals surface area contributed by atoms with E-state index in [1.165, 1.54) is 0 Å². The highest BCUT2D eigenvalue weighted by Crippen LogP contribution is 2.47. The lowest BCUT2D eigenvalue weighted by atomic mass is 9.78. The third-order valence-corrected chi connectivity index (χ3v) is 6.37. The summed E-state index contributed by atoms with van der Waals surface area (Å²) in [4.78, 5) is 24.6. The molecular formula is C26H23N5O2. The summed E-state index contributed by atoms with van der Waals surface area (Å²) in [6, 6.07) is 18.2. The maximum absolute atomic E-state index is 13.1. The molecule has 7 heteroatoms. The van der Waals surface area contributed by atoms with Gasteiger partial charge in [-0.15, -0.1) is 5.10 Å². The summed E-state index contributed by atoms with van der Waals surface area (Å²) in [5, 5.41) is 4.69. The molecule has 6 rings (SSSR count). The number of nitrogens with zero attached hydrogens (tertiary/aromatic N) is 5. The Bertz CT molecular complexity index is 1400. The Balaban J connectivity index is 1.55. The molecule has 0 N–H and O–H groups in total. The Labute approximate surface area is 191 Å². The molecule has 0 spiro atoms. The van der Waals surface area contributed by atoms with Crippen molar-refractivity contribution in [2.24, 2.45) is 0 Å². The van der Waals surface area contributed by atoms with E-state index in [1.807, 2.05) is 68.7 Å². The molecule has 1 atom stereocenters. The lowest BCUT2D eigenvalue weighted by molar-refractivity contribution is -0.116. The molecule has 1 aliphatic carbocycles. The van der Waals surface area contributed by atoms with Gasteiger partial charge in [-0.1, -0.05) is 30.3 Å². The van der Waals surface area contributed by atoms with Gasteiger partial charge in [-0.05, 0) is 36.2 Å². The number of anilines is 1. The maximum Gasteiger partial charge on any atom is 0.228 e. The molecular weight excluding hydrogens is 414 g/mol. The van der Waals surface area contributed by atoms with Gasteiger partial charge in [-0.2, -0.15) is 0 Å². The van der Waals surface area contributed by atoms with E-state index in [4.69, 9.17) is 9.72 Å². The number of Topliss-reactive ketones (excluding diaryl/α,β-unsaturated/α-hetero) is 1. The second kappa shape index (κ2) is 7.55. The van der Waals surface area contributed by atoms with Crippen molar-refractivity contribution in [3.05, 3.63) is 83.4 Å². The molecule has 0 fully saturated rings. The number of carbonyl (C=O) groups is 1. The molecule has 2 aliphatic rings. The van der Waals surface area contributed by atoms with Crippen molar-refractivity contribution in [3.8, 4) is 17.3 Å². The molecule has 0 saturated carbocycles. The lowest BCUT2D eigenvalue weighted by Gasteiger charge is -2.31. The molecule has 3 heterocycles. The highest BCUT2D eigenvalue weighted by atomic mass is 16.5. The zero-order valence-corrected chi connectivity index (χ0v) is 18.5. The van der Waals surface area contributed by atoms with Crippen LogP contribution in [0.3, 0.4) is 0 Å². The second-order valence-electron chi connectivity index (χ2n) is 8.67. The summed E-state index contributed by atoms with van der Waals surface area (Å²) in [5.41, 5.74) is 5.23. The number of ketones is 1. The van der Waals surface area contributed by atoms with Crippen molar-refractivity contribution < 1.29 is 9.53 Å². The zero-order valence-electron chi connectivity index (χ0n) is 18.5. The summed E-state index contributed by atoms with van der Waals surface area (Å²) in [5.74, 6) is 1.71. The van der Waals surface area contributed by atoms with Crippen LogP contribution in [-0.4, -0.2) is 39.5 Å². The minimum atomic E-state index is -0.276. The second-order valence-corrected chi connectivity index (χ2v) is 8.67. The van der Waals surface area contributed by atoms with Gasteiger partial charge in [0.1, 0.15) is 12.1 Å². The van der Waals surface area contributed by atoms with Crippen LogP contribution in [0, 0.1) is 0 Å². The normalized spacial score (nSPS) is 17.5. The van der Waals surface area contributed by atoms with Crippen LogP contribution < -0.4 is 9.64 Å². The van der Waals surface area contributed by atoms with E-state index < -0.39 is 0 Å². The van der Waals surface area contributed by atoms with Crippen LogP contribution in [0.1, 0.15) is 36.3 Å². The van der Waals surface area contributed by atoms with Gasteiger partial charge in [0.05, 0.1) is 5.56 Å². The summed E-state index contributed by atoms with van der Waals surface area (Å²) in [7, 11) is 4.02. The number of hydrogen-bond donors (Lipinski definition) is 0. The number of allylic oxidation sites excluding steroid dienone is 2. The van der Waals surface area contributed by atoms with E-state index >= 15 is 0 Å². The Morgan fingerprint density at radius 1 is 1.03 bits per heavy atom. The third kappa shape index (κ3) is 3.19. The van der Waals surface area contributed by atoms with E-state index in [1.54, 1.807) is 10.8 Å². The van der Waals surface area contributed by atoms with Gasteiger partial charge < -0.3 is 9.64 Å². The van der Waals surface area contributed by atoms with Crippen LogP contribution in [0.5, 0.6) is 5.88 Å². The van der Waals surface area contributed by atoms with Gasteiger partial charge in [-0.25, -0.2) is 14.5 Å². The maximum atomic E-state index is 13.1. The molecule has 0 amide bonds. The van der Waals surface area contributed by atoms with E-state index in [-0.39, 0.29) is 11.7 Å². The largest absolute Gasteiger partial charge is 0.442 e. The molecule has 2 aromatic heterocycles. The standard InChI is InChI=1S/C26H23N5O2/c1-30(2)18-13-11-17(12-14-18)24-28-25-23-21(16-7-4-3-5-8-16)22-19(32)9-6-10-20(22)33-26(23)27-15-31(25)29-24/h3-5,7-8,11-15,21H,6,9-10H2,1-2H3/t21-/m1/s1. The molecule has 7 nitrogen and oxygen atoms in total. The predicted molar refractivity (Wildman–Crippen MR) is 125 cm³/mol. The van der Waals surface area contributed by atoms with Gasteiger partial charge >= 0.3 is 0 Å². The molecule has 0 bridgehead atoms. The minimum Gasteiger partial charge on any atom is -0.442 e. The van der Waals surface area contributed by atoms with Crippen LogP contribution in [0.15, 0.2) is 72.3 Å². The number of ether oxygens (including phenoxy) is 1. The highest BCUT2D eigenvalue weighted by molar-refractivity contribution is 6.00. The van der Waals surface area contributed by atoms with E-state index in [0.717, 1.165) is 46.6 Å². The number of fused-ring (bicyclic) bond motifs is 3. The number of hydrogen-bond acceptors (Lipinski definition) is 6. The van der Waals surface area contributed by atoms with Gasteiger partial charge in [0, 0.05) is 49.7 Å².